The van der Waals surface area contributed by atoms with Gasteiger partial charge in [-0.1, -0.05) is 0 Å². The van der Waals surface area contributed by atoms with Crippen molar-refractivity contribution in [2.45, 2.75) is 20.1 Å². The first-order valence-electron chi connectivity index (χ1n) is 2.67. The summed E-state index contributed by atoms with van der Waals surface area (Å²) in [6.45, 7) is 2.92. The number of rotatable bonds is 3. The molecule has 1 atom stereocenters. The standard InChI is InChI=1S/C5H11NO3/c1-4(7)6-3-9-5(2)8/h4,6-7H,3H2,1-2H3. The van der Waals surface area contributed by atoms with Crippen molar-refractivity contribution in [1.82, 2.24) is 5.32 Å². The molecule has 0 amide bonds. The fraction of sp³-hybridized carbons (Fsp3) is 0.800. The Labute approximate surface area is 53.8 Å². The lowest BCUT2D eigenvalue weighted by Crippen LogP contribution is -2.28. The summed E-state index contributed by atoms with van der Waals surface area (Å²) >= 11 is 0. The van der Waals surface area contributed by atoms with Gasteiger partial charge in [-0.3, -0.25) is 10.1 Å². The summed E-state index contributed by atoms with van der Waals surface area (Å²) in [6.07, 6.45) is -0.635. The minimum Gasteiger partial charge on any atom is -0.450 e. The summed E-state index contributed by atoms with van der Waals surface area (Å²) in [7, 11) is 0. The average molecular weight is 133 g/mol. The first-order valence-corrected chi connectivity index (χ1v) is 2.67. The second-order valence-electron chi connectivity index (χ2n) is 1.66. The highest BCUT2D eigenvalue weighted by molar-refractivity contribution is 5.65. The molecular formula is C5H11NO3. The second-order valence-corrected chi connectivity index (χ2v) is 1.66. The molecule has 9 heavy (non-hydrogen) atoms. The van der Waals surface area contributed by atoms with Gasteiger partial charge in [-0.15, -0.1) is 0 Å². The zero-order chi connectivity index (χ0) is 7.28. The van der Waals surface area contributed by atoms with E-state index < -0.39 is 6.23 Å². The average Bonchev–Trinajstić information content (AvgIpc) is 1.63. The number of nitrogens with one attached hydrogen (secondary N) is 1. The summed E-state index contributed by atoms with van der Waals surface area (Å²) in [4.78, 5) is 10.1. The fourth-order valence-corrected chi connectivity index (χ4v) is 0.264. The molecule has 1 unspecified atom stereocenters. The van der Waals surface area contributed by atoms with Crippen LogP contribution in [0.4, 0.5) is 0 Å². The van der Waals surface area contributed by atoms with Crippen molar-refractivity contribution in [1.29, 1.82) is 0 Å². The van der Waals surface area contributed by atoms with Crippen molar-refractivity contribution in [3.8, 4) is 0 Å². The number of hydrogen-bond acceptors (Lipinski definition) is 4. The van der Waals surface area contributed by atoms with E-state index in [1.807, 2.05) is 0 Å². The van der Waals surface area contributed by atoms with Crippen LogP contribution >= 0.6 is 0 Å². The zero-order valence-corrected chi connectivity index (χ0v) is 5.55. The number of aliphatic hydroxyl groups is 1. The molecule has 0 aliphatic rings. The molecule has 54 valence electrons. The Bertz CT molecular complexity index is 92.2. The number of carbonyl (C=O) groups excluding carboxylic acids is 1. The third-order valence-electron chi connectivity index (χ3n) is 0.654. The number of carbonyl (C=O) groups is 1. The van der Waals surface area contributed by atoms with Gasteiger partial charge in [0.05, 0.1) is 0 Å². The molecule has 0 saturated carbocycles. The minimum atomic E-state index is -0.635. The normalized spacial score (nSPS) is 12.8. The van der Waals surface area contributed by atoms with Crippen molar-refractivity contribution < 1.29 is 14.6 Å². The molecule has 0 aliphatic carbocycles. The van der Waals surface area contributed by atoms with E-state index >= 15 is 0 Å². The van der Waals surface area contributed by atoms with Crippen molar-refractivity contribution in [2.24, 2.45) is 0 Å². The van der Waals surface area contributed by atoms with Gasteiger partial charge in [0, 0.05) is 6.92 Å². The molecule has 0 fully saturated rings. The van der Waals surface area contributed by atoms with Gasteiger partial charge >= 0.3 is 5.97 Å². The van der Waals surface area contributed by atoms with Crippen molar-refractivity contribution in [3.63, 3.8) is 0 Å². The Morgan fingerprint density at radius 3 is 2.78 bits per heavy atom. The highest BCUT2D eigenvalue weighted by Crippen LogP contribution is 1.74. The van der Waals surface area contributed by atoms with Gasteiger partial charge in [0.15, 0.2) is 0 Å². The van der Waals surface area contributed by atoms with Crippen LogP contribution in [0.3, 0.4) is 0 Å². The van der Waals surface area contributed by atoms with E-state index in [-0.39, 0.29) is 12.7 Å². The number of aliphatic hydroxyl groups excluding tert-OH is 1. The van der Waals surface area contributed by atoms with Gasteiger partial charge in [0.2, 0.25) is 0 Å². The highest BCUT2D eigenvalue weighted by atomic mass is 16.5. The predicted octanol–water partition coefficient (Wildman–Crippen LogP) is -0.565. The Hall–Kier alpha value is -0.610. The van der Waals surface area contributed by atoms with Gasteiger partial charge in [0.1, 0.15) is 13.0 Å². The summed E-state index contributed by atoms with van der Waals surface area (Å²) in [6, 6.07) is 0. The van der Waals surface area contributed by atoms with Crippen LogP contribution in [0, 0.1) is 0 Å². The molecule has 4 nitrogen and oxygen atoms in total. The van der Waals surface area contributed by atoms with Crippen molar-refractivity contribution in [3.05, 3.63) is 0 Å². The van der Waals surface area contributed by atoms with Crippen LogP contribution in [0.2, 0.25) is 0 Å². The molecule has 0 aromatic carbocycles. The van der Waals surface area contributed by atoms with Gasteiger partial charge in [-0.05, 0) is 6.92 Å². The summed E-state index contributed by atoms with van der Waals surface area (Å²) in [5, 5.41) is 11.1. The molecule has 0 spiro atoms. The summed E-state index contributed by atoms with van der Waals surface area (Å²) < 4.78 is 4.44. The van der Waals surface area contributed by atoms with Crippen LogP contribution in [-0.4, -0.2) is 24.0 Å². The van der Waals surface area contributed by atoms with Gasteiger partial charge in [-0.25, -0.2) is 0 Å². The largest absolute Gasteiger partial charge is 0.450 e. The summed E-state index contributed by atoms with van der Waals surface area (Å²) in [5.74, 6) is -0.358. The molecule has 0 radical (unpaired) electrons. The van der Waals surface area contributed by atoms with Crippen molar-refractivity contribution >= 4 is 5.97 Å². The third-order valence-corrected chi connectivity index (χ3v) is 0.654. The van der Waals surface area contributed by atoms with Crippen LogP contribution < -0.4 is 5.32 Å². The maximum Gasteiger partial charge on any atom is 0.303 e. The van der Waals surface area contributed by atoms with Crippen LogP contribution in [0.15, 0.2) is 0 Å². The lowest BCUT2D eigenvalue weighted by Gasteiger charge is -2.05. The zero-order valence-electron chi connectivity index (χ0n) is 5.55. The van der Waals surface area contributed by atoms with Crippen LogP contribution in [0.1, 0.15) is 13.8 Å². The molecule has 0 aromatic rings. The number of hydrogen-bond donors (Lipinski definition) is 2. The van der Waals surface area contributed by atoms with E-state index in [1.165, 1.54) is 6.92 Å². The van der Waals surface area contributed by atoms with Crippen LogP contribution in [0.25, 0.3) is 0 Å². The van der Waals surface area contributed by atoms with E-state index in [0.717, 1.165) is 0 Å². The van der Waals surface area contributed by atoms with E-state index in [2.05, 4.69) is 10.1 Å². The molecule has 0 rings (SSSR count). The Balaban J connectivity index is 3.01. The maximum absolute atomic E-state index is 10.1. The SMILES string of the molecule is CC(=O)OCNC(C)O. The van der Waals surface area contributed by atoms with Crippen molar-refractivity contribution in [2.75, 3.05) is 6.73 Å². The molecular weight excluding hydrogens is 122 g/mol. The fourth-order valence-electron chi connectivity index (χ4n) is 0.264. The monoisotopic (exact) mass is 133 g/mol. The smallest absolute Gasteiger partial charge is 0.303 e. The number of esters is 1. The Morgan fingerprint density at radius 1 is 1.89 bits per heavy atom. The molecule has 0 heterocycles. The molecule has 0 aliphatic heterocycles. The quantitative estimate of drug-likeness (QED) is 0.400. The predicted molar refractivity (Wildman–Crippen MR) is 31.4 cm³/mol. The first kappa shape index (κ1) is 8.39. The summed E-state index contributed by atoms with van der Waals surface area (Å²) in [5.41, 5.74) is 0. The Kier molecular flexibility index (Phi) is 4.00. The lowest BCUT2D eigenvalue weighted by atomic mass is 10.7. The Morgan fingerprint density at radius 2 is 2.44 bits per heavy atom. The second kappa shape index (κ2) is 4.29. The van der Waals surface area contributed by atoms with E-state index in [4.69, 9.17) is 5.11 Å². The van der Waals surface area contributed by atoms with Gasteiger partial charge < -0.3 is 9.84 Å². The van der Waals surface area contributed by atoms with Gasteiger partial charge in [0.25, 0.3) is 0 Å². The van der Waals surface area contributed by atoms with Gasteiger partial charge in [-0.2, -0.15) is 0 Å². The first-order chi connectivity index (χ1) is 4.13. The van der Waals surface area contributed by atoms with Crippen LogP contribution in [0.5, 0.6) is 0 Å². The van der Waals surface area contributed by atoms with E-state index in [1.54, 1.807) is 6.92 Å². The number of ether oxygens (including phenoxy) is 1. The van der Waals surface area contributed by atoms with E-state index in [0.29, 0.717) is 0 Å². The maximum atomic E-state index is 10.1. The minimum absolute atomic E-state index is 0.0625. The third kappa shape index (κ3) is 7.39. The molecule has 0 saturated heterocycles. The lowest BCUT2D eigenvalue weighted by molar-refractivity contribution is -0.142. The topological polar surface area (TPSA) is 58.6 Å². The molecule has 2 N–H and O–H groups in total. The molecule has 0 bridgehead atoms. The van der Waals surface area contributed by atoms with E-state index in [9.17, 15) is 4.79 Å². The van der Waals surface area contributed by atoms with Crippen LogP contribution in [-0.2, 0) is 9.53 Å². The molecule has 4 heteroatoms. The highest BCUT2D eigenvalue weighted by Gasteiger charge is 1.93. The molecule has 0 aromatic heterocycles.